The number of aromatic nitrogens is 1. The molecule has 0 atom stereocenters. The fourth-order valence-corrected chi connectivity index (χ4v) is 6.08. The van der Waals surface area contributed by atoms with E-state index in [-0.39, 0.29) is 16.4 Å². The minimum atomic E-state index is -3.95. The van der Waals surface area contributed by atoms with Gasteiger partial charge in [0.25, 0.3) is 15.9 Å². The van der Waals surface area contributed by atoms with E-state index in [2.05, 4.69) is 9.71 Å². The van der Waals surface area contributed by atoms with E-state index < -0.39 is 10.0 Å². The lowest BCUT2D eigenvalue weighted by molar-refractivity contribution is 0.0816. The molecule has 5 rings (SSSR count). The van der Waals surface area contributed by atoms with Crippen molar-refractivity contribution in [1.29, 1.82) is 5.26 Å². The van der Waals surface area contributed by atoms with Crippen molar-refractivity contribution in [3.05, 3.63) is 89.7 Å². The van der Waals surface area contributed by atoms with Crippen LogP contribution in [0.25, 0.3) is 20.9 Å². The number of nitrogens with zero attached hydrogens (tertiary/aromatic N) is 3. The highest BCUT2D eigenvalue weighted by Crippen LogP contribution is 2.37. The van der Waals surface area contributed by atoms with Gasteiger partial charge < -0.3 is 4.90 Å². The van der Waals surface area contributed by atoms with Crippen molar-refractivity contribution in [2.75, 3.05) is 11.8 Å². The van der Waals surface area contributed by atoms with E-state index in [0.29, 0.717) is 12.2 Å². The van der Waals surface area contributed by atoms with Crippen LogP contribution in [0.1, 0.15) is 21.5 Å². The smallest absolute Gasteiger partial charge is 0.263 e. The minimum absolute atomic E-state index is 0.0381. The number of nitrogens with one attached hydrogen (secondary N) is 1. The number of pyridine rings is 1. The van der Waals surface area contributed by atoms with Crippen molar-refractivity contribution in [2.24, 2.45) is 0 Å². The summed E-state index contributed by atoms with van der Waals surface area (Å²) < 4.78 is 28.2. The zero-order valence-corrected chi connectivity index (χ0v) is 19.7. The van der Waals surface area contributed by atoms with Gasteiger partial charge in [0.15, 0.2) is 0 Å². The van der Waals surface area contributed by atoms with Gasteiger partial charge >= 0.3 is 0 Å². The van der Waals surface area contributed by atoms with Gasteiger partial charge in [0.2, 0.25) is 0 Å². The molecule has 0 aliphatic carbocycles. The number of amides is 1. The van der Waals surface area contributed by atoms with Crippen LogP contribution in [0.2, 0.25) is 0 Å². The maximum absolute atomic E-state index is 12.8. The standard InChI is InChI=1S/C25H18N4O3S2/c1-29-15-19-10-16(6-7-21(19)25(29)30)22-8-9-23(33-22)18-11-20(14-27-13-18)28-34(31,32)24-5-3-2-4-17(24)12-26/h2-11,13-14,28H,15H2,1H3. The molecule has 168 valence electrons. The van der Waals surface area contributed by atoms with Gasteiger partial charge in [0.05, 0.1) is 17.4 Å². The van der Waals surface area contributed by atoms with Crippen LogP contribution in [0, 0.1) is 11.3 Å². The molecule has 0 bridgehead atoms. The maximum Gasteiger partial charge on any atom is 0.263 e. The summed E-state index contributed by atoms with van der Waals surface area (Å²) in [6.07, 6.45) is 3.10. The van der Waals surface area contributed by atoms with Gasteiger partial charge in [-0.15, -0.1) is 11.3 Å². The van der Waals surface area contributed by atoms with Gasteiger partial charge in [-0.05, 0) is 53.6 Å². The van der Waals surface area contributed by atoms with E-state index in [4.69, 9.17) is 0 Å². The molecule has 0 radical (unpaired) electrons. The van der Waals surface area contributed by atoms with E-state index in [1.54, 1.807) is 47.7 Å². The summed E-state index contributed by atoms with van der Waals surface area (Å²) >= 11 is 1.56. The van der Waals surface area contributed by atoms with Gasteiger partial charge in [-0.3, -0.25) is 14.5 Å². The van der Waals surface area contributed by atoms with Crippen LogP contribution in [0.3, 0.4) is 0 Å². The summed E-state index contributed by atoms with van der Waals surface area (Å²) in [5, 5.41) is 9.24. The summed E-state index contributed by atoms with van der Waals surface area (Å²) in [5.41, 5.74) is 3.92. The number of thiophene rings is 1. The Kier molecular flexibility index (Phi) is 5.40. The minimum Gasteiger partial charge on any atom is -0.337 e. The third-order valence-corrected chi connectivity index (χ3v) is 8.18. The van der Waals surface area contributed by atoms with Crippen molar-refractivity contribution in [3.8, 4) is 27.0 Å². The monoisotopic (exact) mass is 486 g/mol. The van der Waals surface area contributed by atoms with E-state index >= 15 is 0 Å². The number of nitriles is 1. The lowest BCUT2D eigenvalue weighted by Gasteiger charge is -2.09. The van der Waals surface area contributed by atoms with Gasteiger partial charge in [0.1, 0.15) is 11.0 Å². The largest absolute Gasteiger partial charge is 0.337 e. The van der Waals surface area contributed by atoms with Crippen LogP contribution >= 0.6 is 11.3 Å². The molecule has 0 saturated carbocycles. The second kappa shape index (κ2) is 8.41. The third-order valence-electron chi connectivity index (χ3n) is 5.55. The Labute approximate surface area is 201 Å². The molecule has 3 heterocycles. The molecule has 1 amide bonds. The Morgan fingerprint density at radius 2 is 1.79 bits per heavy atom. The molecule has 1 N–H and O–H groups in total. The molecule has 0 unspecified atom stereocenters. The van der Waals surface area contributed by atoms with E-state index in [0.717, 1.165) is 32.0 Å². The van der Waals surface area contributed by atoms with Crippen LogP contribution in [0.5, 0.6) is 0 Å². The molecule has 7 nitrogen and oxygen atoms in total. The first-order valence-electron chi connectivity index (χ1n) is 10.3. The first kappa shape index (κ1) is 21.8. The van der Waals surface area contributed by atoms with E-state index in [1.165, 1.54) is 18.3 Å². The Morgan fingerprint density at radius 1 is 1.03 bits per heavy atom. The molecular weight excluding hydrogens is 468 g/mol. The Morgan fingerprint density at radius 3 is 2.59 bits per heavy atom. The van der Waals surface area contributed by atoms with Crippen LogP contribution in [0.4, 0.5) is 5.69 Å². The SMILES string of the molecule is CN1Cc2cc(-c3ccc(-c4cncc(NS(=O)(=O)c5ccccc5C#N)c4)s3)ccc2C1=O. The molecule has 1 aliphatic rings. The van der Waals surface area contributed by atoms with E-state index in [9.17, 15) is 18.5 Å². The molecular formula is C25H18N4O3S2. The molecule has 0 fully saturated rings. The number of sulfonamides is 1. The number of carbonyl (C=O) groups excluding carboxylic acids is 1. The maximum atomic E-state index is 12.8. The van der Waals surface area contributed by atoms with Gasteiger partial charge in [-0.2, -0.15) is 5.26 Å². The summed E-state index contributed by atoms with van der Waals surface area (Å²) in [6, 6.07) is 19.5. The normalized spacial score (nSPS) is 12.9. The summed E-state index contributed by atoms with van der Waals surface area (Å²) in [6.45, 7) is 0.598. The average molecular weight is 487 g/mol. The van der Waals surface area contributed by atoms with Crippen molar-refractivity contribution in [3.63, 3.8) is 0 Å². The first-order valence-corrected chi connectivity index (χ1v) is 12.6. The average Bonchev–Trinajstić information content (AvgIpc) is 3.44. The highest BCUT2D eigenvalue weighted by atomic mass is 32.2. The topological polar surface area (TPSA) is 103 Å². The molecule has 0 saturated heterocycles. The second-order valence-corrected chi connectivity index (χ2v) is 10.6. The number of hydrogen-bond acceptors (Lipinski definition) is 6. The highest BCUT2D eigenvalue weighted by Gasteiger charge is 2.24. The quantitative estimate of drug-likeness (QED) is 0.439. The molecule has 1 aliphatic heterocycles. The summed E-state index contributed by atoms with van der Waals surface area (Å²) in [4.78, 5) is 19.9. The fraction of sp³-hybridized carbons (Fsp3) is 0.0800. The molecule has 34 heavy (non-hydrogen) atoms. The number of fused-ring (bicyclic) bond motifs is 1. The van der Waals surface area contributed by atoms with Gasteiger partial charge in [0, 0.05) is 40.7 Å². The summed E-state index contributed by atoms with van der Waals surface area (Å²) in [5.74, 6) is 0.0381. The molecule has 4 aromatic rings. The lowest BCUT2D eigenvalue weighted by Crippen LogP contribution is -2.17. The van der Waals surface area contributed by atoms with Crippen LogP contribution in [0.15, 0.2) is 78.0 Å². The van der Waals surface area contributed by atoms with Gasteiger partial charge in [-0.1, -0.05) is 18.2 Å². The number of hydrogen-bond donors (Lipinski definition) is 1. The molecule has 0 spiro atoms. The zero-order valence-electron chi connectivity index (χ0n) is 18.0. The van der Waals surface area contributed by atoms with Crippen molar-refractivity contribution < 1.29 is 13.2 Å². The lowest BCUT2D eigenvalue weighted by atomic mass is 10.1. The van der Waals surface area contributed by atoms with Crippen LogP contribution < -0.4 is 4.72 Å². The number of benzene rings is 2. The van der Waals surface area contributed by atoms with Crippen LogP contribution in [-0.4, -0.2) is 31.3 Å². The van der Waals surface area contributed by atoms with Gasteiger partial charge in [-0.25, -0.2) is 8.42 Å². The Balaban J connectivity index is 1.42. The van der Waals surface area contributed by atoms with Crippen LogP contribution in [-0.2, 0) is 16.6 Å². The fourth-order valence-electron chi connectivity index (χ4n) is 3.90. The molecule has 2 aromatic heterocycles. The van der Waals surface area contributed by atoms with Crippen molar-refractivity contribution in [1.82, 2.24) is 9.88 Å². The number of anilines is 1. The highest BCUT2D eigenvalue weighted by molar-refractivity contribution is 7.92. The Bertz CT molecular complexity index is 1590. The Hall–Kier alpha value is -4.00. The molecule has 9 heteroatoms. The number of rotatable bonds is 5. The number of carbonyl (C=O) groups is 1. The van der Waals surface area contributed by atoms with E-state index in [1.807, 2.05) is 36.4 Å². The zero-order chi connectivity index (χ0) is 23.9. The predicted molar refractivity (Wildman–Crippen MR) is 131 cm³/mol. The molecule has 2 aromatic carbocycles. The third kappa shape index (κ3) is 3.94. The second-order valence-electron chi connectivity index (χ2n) is 7.87. The van der Waals surface area contributed by atoms with Crippen molar-refractivity contribution >= 4 is 33.0 Å². The summed E-state index contributed by atoms with van der Waals surface area (Å²) in [7, 11) is -2.16. The first-order chi connectivity index (χ1) is 16.4. The predicted octanol–water partition coefficient (Wildman–Crippen LogP) is 4.74. The van der Waals surface area contributed by atoms with Crippen molar-refractivity contribution in [2.45, 2.75) is 11.4 Å².